The lowest BCUT2D eigenvalue weighted by Crippen LogP contribution is -2.14. The van der Waals surface area contributed by atoms with E-state index >= 15 is 0 Å². The molecule has 0 bridgehead atoms. The number of primary sulfonamides is 1. The Morgan fingerprint density at radius 2 is 1.84 bits per heavy atom. The Balaban J connectivity index is 2.24. The van der Waals surface area contributed by atoms with Gasteiger partial charge >= 0.3 is 5.97 Å². The fraction of sp³-hybridized carbons (Fsp3) is 0.235. The minimum atomic E-state index is -3.95. The number of hydrogen-bond acceptors (Lipinski definition) is 6. The van der Waals surface area contributed by atoms with Crippen molar-refractivity contribution in [3.05, 3.63) is 53.6 Å². The second-order valence-corrected chi connectivity index (χ2v) is 6.59. The number of hydrogen-bond donors (Lipinski definition) is 1. The van der Waals surface area contributed by atoms with Gasteiger partial charge in [-0.25, -0.2) is 18.4 Å². The first-order valence-corrected chi connectivity index (χ1v) is 9.00. The van der Waals surface area contributed by atoms with E-state index in [0.29, 0.717) is 17.9 Å². The van der Waals surface area contributed by atoms with Gasteiger partial charge in [-0.3, -0.25) is 0 Å². The highest BCUT2D eigenvalue weighted by molar-refractivity contribution is 7.89. The third-order valence-corrected chi connectivity index (χ3v) is 4.26. The van der Waals surface area contributed by atoms with Crippen LogP contribution in [-0.2, 0) is 21.4 Å². The zero-order chi connectivity index (χ0) is 18.4. The zero-order valence-electron chi connectivity index (χ0n) is 13.9. The van der Waals surface area contributed by atoms with E-state index in [9.17, 15) is 13.2 Å². The van der Waals surface area contributed by atoms with Crippen LogP contribution < -0.4 is 14.6 Å². The molecule has 134 valence electrons. The summed E-state index contributed by atoms with van der Waals surface area (Å²) in [6.45, 7) is 2.30. The molecular formula is C17H19NO6S. The molecule has 7 nitrogen and oxygen atoms in total. The standard InChI is InChI=1S/C17H19NO6S/c1-3-23-15-7-5-4-6-12(15)11-24-17(19)14-10-13(25(18,20)21)8-9-16(14)22-2/h4-10H,3,11H2,1-2H3,(H2,18,20,21). The first-order chi connectivity index (χ1) is 11.9. The average molecular weight is 365 g/mol. The number of nitrogens with two attached hydrogens (primary N) is 1. The summed E-state index contributed by atoms with van der Waals surface area (Å²) in [5.41, 5.74) is 0.669. The Kier molecular flexibility index (Phi) is 6.00. The summed E-state index contributed by atoms with van der Waals surface area (Å²) in [7, 11) is -2.58. The zero-order valence-corrected chi connectivity index (χ0v) is 14.7. The van der Waals surface area contributed by atoms with Gasteiger partial charge in [-0.15, -0.1) is 0 Å². The number of esters is 1. The molecule has 0 heterocycles. The van der Waals surface area contributed by atoms with Crippen LogP contribution in [0.15, 0.2) is 47.4 Å². The molecule has 0 fully saturated rings. The predicted molar refractivity (Wildman–Crippen MR) is 91.1 cm³/mol. The van der Waals surface area contributed by atoms with Crippen LogP contribution in [-0.4, -0.2) is 28.1 Å². The number of carbonyl (C=O) groups is 1. The van der Waals surface area contributed by atoms with Crippen LogP contribution in [0, 0.1) is 0 Å². The maximum atomic E-state index is 12.4. The van der Waals surface area contributed by atoms with Crippen LogP contribution in [0.2, 0.25) is 0 Å². The van der Waals surface area contributed by atoms with E-state index < -0.39 is 16.0 Å². The normalized spacial score (nSPS) is 11.0. The molecule has 0 aliphatic carbocycles. The lowest BCUT2D eigenvalue weighted by atomic mass is 10.2. The van der Waals surface area contributed by atoms with Crippen LogP contribution in [0.25, 0.3) is 0 Å². The largest absolute Gasteiger partial charge is 0.496 e. The average Bonchev–Trinajstić information content (AvgIpc) is 2.59. The van der Waals surface area contributed by atoms with Crippen molar-refractivity contribution in [2.45, 2.75) is 18.4 Å². The van der Waals surface area contributed by atoms with Crippen molar-refractivity contribution in [3.8, 4) is 11.5 Å². The summed E-state index contributed by atoms with van der Waals surface area (Å²) >= 11 is 0. The van der Waals surface area contributed by atoms with Crippen molar-refractivity contribution >= 4 is 16.0 Å². The second kappa shape index (κ2) is 8.00. The monoisotopic (exact) mass is 365 g/mol. The molecule has 25 heavy (non-hydrogen) atoms. The van der Waals surface area contributed by atoms with E-state index in [4.69, 9.17) is 19.3 Å². The summed E-state index contributed by atoms with van der Waals surface area (Å²) in [4.78, 5) is 12.2. The molecule has 0 spiro atoms. The Hall–Kier alpha value is -2.58. The summed E-state index contributed by atoms with van der Waals surface area (Å²) in [6, 6.07) is 10.9. The van der Waals surface area contributed by atoms with Crippen molar-refractivity contribution in [1.82, 2.24) is 0 Å². The summed E-state index contributed by atoms with van der Waals surface area (Å²) < 4.78 is 38.8. The van der Waals surface area contributed by atoms with Gasteiger partial charge < -0.3 is 14.2 Å². The lowest BCUT2D eigenvalue weighted by molar-refractivity contribution is 0.0465. The number of methoxy groups -OCH3 is 1. The first-order valence-electron chi connectivity index (χ1n) is 7.45. The van der Waals surface area contributed by atoms with Gasteiger partial charge in [0.2, 0.25) is 10.0 Å². The number of sulfonamides is 1. The van der Waals surface area contributed by atoms with Crippen LogP contribution in [0.1, 0.15) is 22.8 Å². The second-order valence-electron chi connectivity index (χ2n) is 5.02. The molecule has 2 aromatic carbocycles. The van der Waals surface area contributed by atoms with Gasteiger partial charge in [0.05, 0.1) is 18.6 Å². The minimum Gasteiger partial charge on any atom is -0.496 e. The van der Waals surface area contributed by atoms with Crippen LogP contribution >= 0.6 is 0 Å². The SMILES string of the molecule is CCOc1ccccc1COC(=O)c1cc(S(N)(=O)=O)ccc1OC. The van der Waals surface area contributed by atoms with Crippen LogP contribution in [0.4, 0.5) is 0 Å². The maximum absolute atomic E-state index is 12.4. The van der Waals surface area contributed by atoms with Crippen LogP contribution in [0.3, 0.4) is 0 Å². The predicted octanol–water partition coefficient (Wildman–Crippen LogP) is 2.10. The third kappa shape index (κ3) is 4.71. The van der Waals surface area contributed by atoms with Crippen molar-refractivity contribution in [1.29, 1.82) is 0 Å². The molecule has 0 amide bonds. The molecule has 2 aromatic rings. The van der Waals surface area contributed by atoms with Gasteiger partial charge in [0, 0.05) is 5.56 Å². The van der Waals surface area contributed by atoms with Crippen molar-refractivity contribution < 1.29 is 27.4 Å². The Morgan fingerprint density at radius 1 is 1.12 bits per heavy atom. The smallest absolute Gasteiger partial charge is 0.342 e. The highest BCUT2D eigenvalue weighted by atomic mass is 32.2. The summed E-state index contributed by atoms with van der Waals surface area (Å²) in [6.07, 6.45) is 0. The Labute approximate surface area is 146 Å². The lowest BCUT2D eigenvalue weighted by Gasteiger charge is -2.12. The molecule has 0 atom stereocenters. The highest BCUT2D eigenvalue weighted by Crippen LogP contribution is 2.24. The molecular weight excluding hydrogens is 346 g/mol. The molecule has 0 aliphatic heterocycles. The molecule has 0 saturated carbocycles. The van der Waals surface area contributed by atoms with E-state index in [1.54, 1.807) is 18.2 Å². The molecule has 0 aliphatic rings. The topological polar surface area (TPSA) is 105 Å². The van der Waals surface area contributed by atoms with Gasteiger partial charge in [-0.05, 0) is 31.2 Å². The highest BCUT2D eigenvalue weighted by Gasteiger charge is 2.19. The van der Waals surface area contributed by atoms with Crippen molar-refractivity contribution in [3.63, 3.8) is 0 Å². The molecule has 8 heteroatoms. The quantitative estimate of drug-likeness (QED) is 0.753. The van der Waals surface area contributed by atoms with Gasteiger partial charge in [0.25, 0.3) is 0 Å². The maximum Gasteiger partial charge on any atom is 0.342 e. The van der Waals surface area contributed by atoms with Crippen LogP contribution in [0.5, 0.6) is 11.5 Å². The molecule has 0 saturated heterocycles. The summed E-state index contributed by atoms with van der Waals surface area (Å²) in [5.74, 6) is 0.0761. The first kappa shape index (κ1) is 18.8. The van der Waals surface area contributed by atoms with E-state index in [1.165, 1.54) is 19.2 Å². The molecule has 0 unspecified atom stereocenters. The van der Waals surface area contributed by atoms with E-state index in [-0.39, 0.29) is 22.8 Å². The van der Waals surface area contributed by atoms with Gasteiger partial charge in [0.1, 0.15) is 23.7 Å². The summed E-state index contributed by atoms with van der Waals surface area (Å²) in [5, 5.41) is 5.10. The number of rotatable bonds is 7. The van der Waals surface area contributed by atoms with Crippen molar-refractivity contribution in [2.24, 2.45) is 5.14 Å². The molecule has 2 N–H and O–H groups in total. The number of ether oxygens (including phenoxy) is 3. The number of benzene rings is 2. The Morgan fingerprint density at radius 3 is 2.48 bits per heavy atom. The van der Waals surface area contributed by atoms with Gasteiger partial charge in [0.15, 0.2) is 0 Å². The van der Waals surface area contributed by atoms with Gasteiger partial charge in [-0.2, -0.15) is 0 Å². The fourth-order valence-electron chi connectivity index (χ4n) is 2.16. The Bertz CT molecular complexity index is 863. The van der Waals surface area contributed by atoms with E-state index in [2.05, 4.69) is 0 Å². The van der Waals surface area contributed by atoms with Gasteiger partial charge in [-0.1, -0.05) is 18.2 Å². The number of para-hydroxylation sites is 1. The molecule has 0 radical (unpaired) electrons. The molecule has 0 aromatic heterocycles. The van der Waals surface area contributed by atoms with E-state index in [1.807, 2.05) is 13.0 Å². The number of carbonyl (C=O) groups excluding carboxylic acids is 1. The fourth-order valence-corrected chi connectivity index (χ4v) is 2.70. The van der Waals surface area contributed by atoms with E-state index in [0.717, 1.165) is 6.07 Å². The minimum absolute atomic E-state index is 0.0251. The molecule has 2 rings (SSSR count). The van der Waals surface area contributed by atoms with Crippen molar-refractivity contribution in [2.75, 3.05) is 13.7 Å². The third-order valence-electron chi connectivity index (χ3n) is 3.35.